The molecular weight excluding hydrogens is 312 g/mol. The number of aromatic nitrogens is 2. The zero-order chi connectivity index (χ0) is 12.5. The molecule has 1 aliphatic rings. The van der Waals surface area contributed by atoms with Gasteiger partial charge in [0.2, 0.25) is 0 Å². The molecule has 0 amide bonds. The molecule has 2 nitrogen and oxygen atoms in total. The van der Waals surface area contributed by atoms with E-state index in [-0.39, 0.29) is 0 Å². The van der Waals surface area contributed by atoms with Gasteiger partial charge < -0.3 is 4.57 Å². The highest BCUT2D eigenvalue weighted by atomic mass is 79.9. The molecule has 2 aromatic rings. The largest absolute Gasteiger partial charge is 0.324 e. The second kappa shape index (κ2) is 5.22. The Kier molecular flexibility index (Phi) is 3.62. The summed E-state index contributed by atoms with van der Waals surface area (Å²) in [5.74, 6) is 1.50. The molecule has 3 rings (SSSR count). The SMILES string of the molecule is ClCc1nc2ccc(Br)cc2n1C1CCCCC1. The van der Waals surface area contributed by atoms with E-state index in [0.29, 0.717) is 11.9 Å². The highest BCUT2D eigenvalue weighted by Crippen LogP contribution is 2.33. The predicted octanol–water partition coefficient (Wildman–Crippen LogP) is 5.04. The molecule has 1 saturated carbocycles. The Hall–Kier alpha value is -0.540. The minimum absolute atomic E-state index is 0.489. The van der Waals surface area contributed by atoms with Crippen molar-refractivity contribution in [3.05, 3.63) is 28.5 Å². The molecule has 96 valence electrons. The van der Waals surface area contributed by atoms with Crippen LogP contribution < -0.4 is 0 Å². The van der Waals surface area contributed by atoms with Crippen LogP contribution in [0, 0.1) is 0 Å². The molecule has 0 N–H and O–H groups in total. The van der Waals surface area contributed by atoms with E-state index in [4.69, 9.17) is 11.6 Å². The number of halogens is 2. The van der Waals surface area contributed by atoms with Gasteiger partial charge in [0, 0.05) is 10.5 Å². The van der Waals surface area contributed by atoms with Gasteiger partial charge in [0.05, 0.1) is 16.9 Å². The minimum atomic E-state index is 0.489. The number of rotatable bonds is 2. The first-order valence-electron chi connectivity index (χ1n) is 6.52. The maximum atomic E-state index is 6.07. The summed E-state index contributed by atoms with van der Waals surface area (Å²) in [4.78, 5) is 4.66. The van der Waals surface area contributed by atoms with Crippen molar-refractivity contribution in [2.24, 2.45) is 0 Å². The van der Waals surface area contributed by atoms with Gasteiger partial charge in [-0.3, -0.25) is 0 Å². The lowest BCUT2D eigenvalue weighted by Gasteiger charge is -2.25. The lowest BCUT2D eigenvalue weighted by molar-refractivity contribution is 0.354. The van der Waals surface area contributed by atoms with Crippen molar-refractivity contribution >= 4 is 38.6 Å². The number of hydrogen-bond donors (Lipinski definition) is 0. The third-order valence-corrected chi connectivity index (χ3v) is 4.52. The van der Waals surface area contributed by atoms with Gasteiger partial charge in [-0.1, -0.05) is 35.2 Å². The Morgan fingerprint density at radius 2 is 2.06 bits per heavy atom. The van der Waals surface area contributed by atoms with Crippen molar-refractivity contribution in [2.75, 3.05) is 0 Å². The molecule has 18 heavy (non-hydrogen) atoms. The maximum Gasteiger partial charge on any atom is 0.125 e. The Labute approximate surface area is 120 Å². The minimum Gasteiger partial charge on any atom is -0.324 e. The molecule has 0 bridgehead atoms. The van der Waals surface area contributed by atoms with Gasteiger partial charge in [0.15, 0.2) is 0 Å². The zero-order valence-corrected chi connectivity index (χ0v) is 12.5. The first-order chi connectivity index (χ1) is 8.79. The van der Waals surface area contributed by atoms with Crippen LogP contribution in [0.5, 0.6) is 0 Å². The van der Waals surface area contributed by atoms with Crippen molar-refractivity contribution in [1.29, 1.82) is 0 Å². The maximum absolute atomic E-state index is 6.07. The monoisotopic (exact) mass is 326 g/mol. The van der Waals surface area contributed by atoms with E-state index in [9.17, 15) is 0 Å². The van der Waals surface area contributed by atoms with Gasteiger partial charge in [-0.05, 0) is 31.0 Å². The van der Waals surface area contributed by atoms with Crippen molar-refractivity contribution in [3.8, 4) is 0 Å². The average Bonchev–Trinajstić information content (AvgIpc) is 2.77. The van der Waals surface area contributed by atoms with Gasteiger partial charge >= 0.3 is 0 Å². The van der Waals surface area contributed by atoms with Gasteiger partial charge in [-0.2, -0.15) is 0 Å². The highest BCUT2D eigenvalue weighted by Gasteiger charge is 2.20. The summed E-state index contributed by atoms with van der Waals surface area (Å²) in [6, 6.07) is 6.84. The van der Waals surface area contributed by atoms with Crippen LogP contribution in [0.25, 0.3) is 11.0 Å². The van der Waals surface area contributed by atoms with Crippen LogP contribution in [0.2, 0.25) is 0 Å². The summed E-state index contributed by atoms with van der Waals surface area (Å²) in [5.41, 5.74) is 2.27. The second-order valence-electron chi connectivity index (χ2n) is 4.96. The Morgan fingerprint density at radius 1 is 1.28 bits per heavy atom. The molecule has 1 aliphatic carbocycles. The molecular formula is C14H16BrClN2. The lowest BCUT2D eigenvalue weighted by atomic mass is 9.95. The zero-order valence-electron chi connectivity index (χ0n) is 10.2. The van der Waals surface area contributed by atoms with Crippen LogP contribution in [-0.4, -0.2) is 9.55 Å². The number of hydrogen-bond acceptors (Lipinski definition) is 1. The van der Waals surface area contributed by atoms with E-state index in [2.05, 4.69) is 37.6 Å². The first kappa shape index (κ1) is 12.5. The fourth-order valence-electron chi connectivity index (χ4n) is 2.96. The average molecular weight is 328 g/mol. The first-order valence-corrected chi connectivity index (χ1v) is 7.84. The summed E-state index contributed by atoms with van der Waals surface area (Å²) in [7, 11) is 0. The van der Waals surface area contributed by atoms with Crippen LogP contribution in [0.15, 0.2) is 22.7 Å². The number of alkyl halides is 1. The van der Waals surface area contributed by atoms with Gasteiger partial charge in [-0.15, -0.1) is 11.6 Å². The van der Waals surface area contributed by atoms with Crippen molar-refractivity contribution in [1.82, 2.24) is 9.55 Å². The normalized spacial score (nSPS) is 17.4. The molecule has 0 radical (unpaired) electrons. The van der Waals surface area contributed by atoms with E-state index in [1.807, 2.05) is 6.07 Å². The molecule has 0 saturated heterocycles. The van der Waals surface area contributed by atoms with Crippen LogP contribution in [0.1, 0.15) is 44.0 Å². The van der Waals surface area contributed by atoms with Gasteiger partial charge in [0.25, 0.3) is 0 Å². The molecule has 0 spiro atoms. The van der Waals surface area contributed by atoms with E-state index in [0.717, 1.165) is 15.8 Å². The summed E-state index contributed by atoms with van der Waals surface area (Å²) in [6.07, 6.45) is 6.51. The van der Waals surface area contributed by atoms with E-state index >= 15 is 0 Å². The Balaban J connectivity index is 2.14. The summed E-state index contributed by atoms with van der Waals surface area (Å²) < 4.78 is 3.47. The van der Waals surface area contributed by atoms with Crippen molar-refractivity contribution in [3.63, 3.8) is 0 Å². The van der Waals surface area contributed by atoms with Gasteiger partial charge in [0.1, 0.15) is 5.82 Å². The summed E-state index contributed by atoms with van der Waals surface area (Å²) in [6.45, 7) is 0. The molecule has 1 fully saturated rings. The highest BCUT2D eigenvalue weighted by molar-refractivity contribution is 9.10. The van der Waals surface area contributed by atoms with E-state index < -0.39 is 0 Å². The van der Waals surface area contributed by atoms with Crippen molar-refractivity contribution in [2.45, 2.75) is 44.0 Å². The Morgan fingerprint density at radius 3 is 2.78 bits per heavy atom. The summed E-state index contributed by atoms with van der Waals surface area (Å²) >= 11 is 9.62. The lowest BCUT2D eigenvalue weighted by Crippen LogP contribution is -2.14. The van der Waals surface area contributed by atoms with Crippen molar-refractivity contribution < 1.29 is 0 Å². The molecule has 1 aromatic carbocycles. The third-order valence-electron chi connectivity index (χ3n) is 3.78. The molecule has 1 heterocycles. The molecule has 1 aromatic heterocycles. The number of fused-ring (bicyclic) bond motifs is 1. The van der Waals surface area contributed by atoms with Crippen LogP contribution in [0.3, 0.4) is 0 Å². The second-order valence-corrected chi connectivity index (χ2v) is 6.14. The number of benzene rings is 1. The molecule has 0 atom stereocenters. The third kappa shape index (κ3) is 2.19. The smallest absolute Gasteiger partial charge is 0.125 e. The van der Waals surface area contributed by atoms with Crippen LogP contribution in [-0.2, 0) is 5.88 Å². The van der Waals surface area contributed by atoms with Crippen LogP contribution >= 0.6 is 27.5 Å². The topological polar surface area (TPSA) is 17.8 Å². The molecule has 4 heteroatoms. The number of imidazole rings is 1. The molecule has 0 aliphatic heterocycles. The predicted molar refractivity (Wildman–Crippen MR) is 79.1 cm³/mol. The fourth-order valence-corrected chi connectivity index (χ4v) is 3.49. The standard InChI is InChI=1S/C14H16BrClN2/c15-10-6-7-12-13(8-10)18(14(9-16)17-12)11-4-2-1-3-5-11/h6-8,11H,1-5,9H2. The van der Waals surface area contributed by atoms with Crippen LogP contribution in [0.4, 0.5) is 0 Å². The Bertz CT molecular complexity index is 558. The quantitative estimate of drug-likeness (QED) is 0.706. The van der Waals surface area contributed by atoms with Gasteiger partial charge in [-0.25, -0.2) is 4.98 Å². The number of nitrogens with zero attached hydrogens (tertiary/aromatic N) is 2. The fraction of sp³-hybridized carbons (Fsp3) is 0.500. The molecule has 0 unspecified atom stereocenters. The van der Waals surface area contributed by atoms with E-state index in [1.165, 1.54) is 37.6 Å². The summed E-state index contributed by atoms with van der Waals surface area (Å²) in [5, 5.41) is 0. The van der Waals surface area contributed by atoms with E-state index in [1.54, 1.807) is 0 Å².